The third-order valence-corrected chi connectivity index (χ3v) is 4.90. The molecule has 1 aliphatic heterocycles. The second kappa shape index (κ2) is 9.06. The molecule has 1 fully saturated rings. The summed E-state index contributed by atoms with van der Waals surface area (Å²) in [6.07, 6.45) is 1.11. The molecule has 0 unspecified atom stereocenters. The van der Waals surface area contributed by atoms with Gasteiger partial charge in [-0.15, -0.1) is 0 Å². The molecule has 27 heavy (non-hydrogen) atoms. The summed E-state index contributed by atoms with van der Waals surface area (Å²) in [5.74, 6) is 1.11. The van der Waals surface area contributed by atoms with Crippen molar-refractivity contribution in [1.82, 2.24) is 20.2 Å². The number of carbonyl (C=O) groups is 1. The van der Waals surface area contributed by atoms with E-state index in [2.05, 4.69) is 20.2 Å². The maximum absolute atomic E-state index is 12.6. The Hall–Kier alpha value is -2.31. The number of aromatic nitrogens is 2. The molecule has 0 aliphatic carbocycles. The van der Waals surface area contributed by atoms with Crippen molar-refractivity contribution in [3.63, 3.8) is 0 Å². The first-order valence-electron chi connectivity index (χ1n) is 9.47. The normalized spacial score (nSPS) is 17.2. The van der Waals surface area contributed by atoms with Crippen molar-refractivity contribution in [3.05, 3.63) is 47.3 Å². The van der Waals surface area contributed by atoms with E-state index in [1.807, 2.05) is 44.2 Å². The number of hydrogen-bond acceptors (Lipinski definition) is 5. The lowest BCUT2D eigenvalue weighted by Gasteiger charge is -2.15. The molecule has 0 spiro atoms. The lowest BCUT2D eigenvalue weighted by Crippen LogP contribution is -2.31. The first-order chi connectivity index (χ1) is 13.0. The van der Waals surface area contributed by atoms with Crippen molar-refractivity contribution >= 4 is 5.91 Å². The summed E-state index contributed by atoms with van der Waals surface area (Å²) in [7, 11) is 1.73. The molecule has 1 aromatic heterocycles. The van der Waals surface area contributed by atoms with E-state index in [9.17, 15) is 4.79 Å². The summed E-state index contributed by atoms with van der Waals surface area (Å²) in [4.78, 5) is 23.9. The van der Waals surface area contributed by atoms with Gasteiger partial charge >= 0.3 is 0 Å². The molecule has 1 saturated heterocycles. The monoisotopic (exact) mass is 368 g/mol. The SMILES string of the molecule is COCCN1CC[C@@H](CNC(=O)c2cccc(-c3nc(C)cc(C)n3)c2)C1. The Kier molecular flexibility index (Phi) is 6.53. The number of amides is 1. The van der Waals surface area contributed by atoms with E-state index in [-0.39, 0.29) is 5.91 Å². The van der Waals surface area contributed by atoms with Gasteiger partial charge in [-0.05, 0) is 50.9 Å². The van der Waals surface area contributed by atoms with Crippen LogP contribution >= 0.6 is 0 Å². The van der Waals surface area contributed by atoms with Gasteiger partial charge in [0, 0.05) is 49.3 Å². The predicted molar refractivity (Wildman–Crippen MR) is 106 cm³/mol. The summed E-state index contributed by atoms with van der Waals surface area (Å²) in [5, 5.41) is 3.08. The average molecular weight is 368 g/mol. The van der Waals surface area contributed by atoms with Crippen LogP contribution in [0.5, 0.6) is 0 Å². The molecule has 1 aromatic carbocycles. The summed E-state index contributed by atoms with van der Waals surface area (Å²) in [6.45, 7) is 8.40. The number of rotatable bonds is 7. The van der Waals surface area contributed by atoms with Crippen molar-refractivity contribution in [3.8, 4) is 11.4 Å². The molecule has 3 rings (SSSR count). The molecule has 1 aliphatic rings. The van der Waals surface area contributed by atoms with Gasteiger partial charge < -0.3 is 15.0 Å². The Balaban J connectivity index is 1.59. The largest absolute Gasteiger partial charge is 0.383 e. The number of ether oxygens (including phenoxy) is 1. The molecule has 1 N–H and O–H groups in total. The van der Waals surface area contributed by atoms with E-state index in [0.717, 1.165) is 49.6 Å². The van der Waals surface area contributed by atoms with E-state index < -0.39 is 0 Å². The van der Waals surface area contributed by atoms with Gasteiger partial charge in [-0.1, -0.05) is 12.1 Å². The second-order valence-corrected chi connectivity index (χ2v) is 7.21. The third kappa shape index (κ3) is 5.34. The van der Waals surface area contributed by atoms with Crippen LogP contribution in [0.4, 0.5) is 0 Å². The zero-order valence-corrected chi connectivity index (χ0v) is 16.4. The highest BCUT2D eigenvalue weighted by molar-refractivity contribution is 5.95. The van der Waals surface area contributed by atoms with Gasteiger partial charge in [0.25, 0.3) is 5.91 Å². The summed E-state index contributed by atoms with van der Waals surface area (Å²) >= 11 is 0. The Morgan fingerprint density at radius 2 is 2.04 bits per heavy atom. The molecule has 1 atom stereocenters. The molecule has 2 aromatic rings. The van der Waals surface area contributed by atoms with Gasteiger partial charge in [0.15, 0.2) is 5.82 Å². The Labute approximate surface area is 161 Å². The smallest absolute Gasteiger partial charge is 0.251 e. The molecule has 2 heterocycles. The highest BCUT2D eigenvalue weighted by atomic mass is 16.5. The first-order valence-corrected chi connectivity index (χ1v) is 9.47. The Bertz CT molecular complexity index is 773. The zero-order valence-electron chi connectivity index (χ0n) is 16.4. The van der Waals surface area contributed by atoms with Crippen LogP contribution < -0.4 is 5.32 Å². The molecule has 6 heteroatoms. The molecule has 0 radical (unpaired) electrons. The number of likely N-dealkylation sites (tertiary alicyclic amines) is 1. The van der Waals surface area contributed by atoms with Gasteiger partial charge in [-0.25, -0.2) is 9.97 Å². The van der Waals surface area contributed by atoms with Crippen LogP contribution in [0.2, 0.25) is 0 Å². The van der Waals surface area contributed by atoms with Gasteiger partial charge in [0.2, 0.25) is 0 Å². The maximum Gasteiger partial charge on any atom is 0.251 e. The summed E-state index contributed by atoms with van der Waals surface area (Å²) in [5.41, 5.74) is 3.35. The number of hydrogen-bond donors (Lipinski definition) is 1. The molecular formula is C21H28N4O2. The van der Waals surface area contributed by atoms with Crippen LogP contribution in [0.1, 0.15) is 28.2 Å². The minimum atomic E-state index is -0.0448. The minimum Gasteiger partial charge on any atom is -0.383 e. The maximum atomic E-state index is 12.6. The molecule has 0 saturated carbocycles. The number of methoxy groups -OCH3 is 1. The molecule has 0 bridgehead atoms. The van der Waals surface area contributed by atoms with Gasteiger partial charge in [-0.3, -0.25) is 4.79 Å². The fourth-order valence-corrected chi connectivity index (χ4v) is 3.50. The Morgan fingerprint density at radius 1 is 1.26 bits per heavy atom. The van der Waals surface area contributed by atoms with Crippen LogP contribution in [-0.2, 0) is 4.74 Å². The van der Waals surface area contributed by atoms with Gasteiger partial charge in [-0.2, -0.15) is 0 Å². The van der Waals surface area contributed by atoms with Crippen molar-refractivity contribution in [2.75, 3.05) is 39.9 Å². The lowest BCUT2D eigenvalue weighted by molar-refractivity contribution is 0.0946. The van der Waals surface area contributed by atoms with Gasteiger partial charge in [0.05, 0.1) is 6.61 Å². The second-order valence-electron chi connectivity index (χ2n) is 7.21. The number of aryl methyl sites for hydroxylation is 2. The number of carbonyl (C=O) groups excluding carboxylic acids is 1. The van der Waals surface area contributed by atoms with E-state index in [1.165, 1.54) is 0 Å². The van der Waals surface area contributed by atoms with E-state index >= 15 is 0 Å². The number of nitrogens with zero attached hydrogens (tertiary/aromatic N) is 3. The molecule has 6 nitrogen and oxygen atoms in total. The third-order valence-electron chi connectivity index (χ3n) is 4.90. The van der Waals surface area contributed by atoms with E-state index in [4.69, 9.17) is 4.74 Å². The standard InChI is InChI=1S/C21H28N4O2/c1-15-11-16(2)24-20(23-15)18-5-4-6-19(12-18)21(26)22-13-17-7-8-25(14-17)9-10-27-3/h4-6,11-12,17H,7-10,13-14H2,1-3H3,(H,22,26)/t17-/m0/s1. The van der Waals surface area contributed by atoms with Crippen molar-refractivity contribution in [2.45, 2.75) is 20.3 Å². The quantitative estimate of drug-likeness (QED) is 0.813. The highest BCUT2D eigenvalue weighted by Crippen LogP contribution is 2.18. The average Bonchev–Trinajstić information content (AvgIpc) is 3.11. The minimum absolute atomic E-state index is 0.0448. The Morgan fingerprint density at radius 3 is 2.78 bits per heavy atom. The molecule has 1 amide bonds. The van der Waals surface area contributed by atoms with Crippen LogP contribution in [-0.4, -0.2) is 60.7 Å². The molecule has 144 valence electrons. The first kappa shape index (κ1) is 19.5. The van der Waals surface area contributed by atoms with Crippen LogP contribution in [0.3, 0.4) is 0 Å². The van der Waals surface area contributed by atoms with Crippen LogP contribution in [0.25, 0.3) is 11.4 Å². The fraction of sp³-hybridized carbons (Fsp3) is 0.476. The topological polar surface area (TPSA) is 67.3 Å². The predicted octanol–water partition coefficient (Wildman–Crippen LogP) is 2.46. The zero-order chi connectivity index (χ0) is 19.2. The van der Waals surface area contributed by atoms with E-state index in [1.54, 1.807) is 7.11 Å². The van der Waals surface area contributed by atoms with Crippen LogP contribution in [0.15, 0.2) is 30.3 Å². The molecular weight excluding hydrogens is 340 g/mol. The van der Waals surface area contributed by atoms with Crippen molar-refractivity contribution < 1.29 is 9.53 Å². The summed E-state index contributed by atoms with van der Waals surface area (Å²) in [6, 6.07) is 9.46. The lowest BCUT2D eigenvalue weighted by atomic mass is 10.1. The number of benzene rings is 1. The van der Waals surface area contributed by atoms with Gasteiger partial charge in [0.1, 0.15) is 0 Å². The van der Waals surface area contributed by atoms with E-state index in [0.29, 0.717) is 23.9 Å². The van der Waals surface area contributed by atoms with Crippen molar-refractivity contribution in [1.29, 1.82) is 0 Å². The highest BCUT2D eigenvalue weighted by Gasteiger charge is 2.22. The van der Waals surface area contributed by atoms with Crippen molar-refractivity contribution in [2.24, 2.45) is 5.92 Å². The number of nitrogens with one attached hydrogen (secondary N) is 1. The fourth-order valence-electron chi connectivity index (χ4n) is 3.50. The van der Waals surface area contributed by atoms with Crippen LogP contribution in [0, 0.1) is 19.8 Å². The summed E-state index contributed by atoms with van der Waals surface area (Å²) < 4.78 is 5.14.